The van der Waals surface area contributed by atoms with Crippen molar-refractivity contribution in [2.24, 2.45) is 0 Å². The number of hydrogen-bond acceptors (Lipinski definition) is 7. The lowest BCUT2D eigenvalue weighted by molar-refractivity contribution is 0.102. The Morgan fingerprint density at radius 2 is 1.87 bits per heavy atom. The quantitative estimate of drug-likeness (QED) is 0.405. The van der Waals surface area contributed by atoms with Crippen molar-refractivity contribution in [1.29, 1.82) is 0 Å². The lowest BCUT2D eigenvalue weighted by Crippen LogP contribution is -2.13. The van der Waals surface area contributed by atoms with E-state index in [-0.39, 0.29) is 5.91 Å². The number of nitrogens with one attached hydrogen (secondary N) is 2. The van der Waals surface area contributed by atoms with Gasteiger partial charge in [-0.1, -0.05) is 41.1 Å². The Labute approximate surface area is 188 Å². The number of para-hydroxylation sites is 1. The van der Waals surface area contributed by atoms with Crippen LogP contribution in [0.5, 0.6) is 5.75 Å². The molecule has 0 atom stereocenters. The third-order valence-corrected chi connectivity index (χ3v) is 5.53. The molecule has 31 heavy (non-hydrogen) atoms. The maximum Gasteiger partial charge on any atom is 0.258 e. The second kappa shape index (κ2) is 9.55. The molecule has 0 bridgehead atoms. The molecule has 2 aromatic carbocycles. The Morgan fingerprint density at radius 3 is 2.68 bits per heavy atom. The highest BCUT2D eigenvalue weighted by atomic mass is 35.5. The highest BCUT2D eigenvalue weighted by Crippen LogP contribution is 2.32. The van der Waals surface area contributed by atoms with E-state index in [1.807, 2.05) is 48.5 Å². The average molecular weight is 452 g/mol. The Bertz CT molecular complexity index is 1200. The molecule has 1 amide bonds. The molecule has 2 aromatic heterocycles. The molecule has 4 aromatic rings. The Morgan fingerprint density at radius 1 is 1.06 bits per heavy atom. The topological polar surface area (TPSA) is 89.0 Å². The summed E-state index contributed by atoms with van der Waals surface area (Å²) in [5, 5.41) is 16.1. The van der Waals surface area contributed by atoms with Gasteiger partial charge in [-0.05, 0) is 36.4 Å². The molecule has 2 N–H and O–H groups in total. The van der Waals surface area contributed by atoms with Gasteiger partial charge in [0.25, 0.3) is 5.91 Å². The number of halogens is 1. The number of pyridine rings is 1. The van der Waals surface area contributed by atoms with Crippen molar-refractivity contribution in [3.8, 4) is 16.9 Å². The SMILES string of the molecule is COc1ccccc1-c1cnccc1C(=O)Nc1nnc(CNc2ccc(Cl)cc2)s1. The van der Waals surface area contributed by atoms with Crippen molar-refractivity contribution in [1.82, 2.24) is 15.2 Å². The van der Waals surface area contributed by atoms with Crippen molar-refractivity contribution in [3.05, 3.63) is 82.6 Å². The number of amides is 1. The minimum atomic E-state index is -0.295. The number of rotatable bonds is 7. The molecule has 0 saturated carbocycles. The molecule has 0 aliphatic heterocycles. The van der Waals surface area contributed by atoms with E-state index in [2.05, 4.69) is 25.8 Å². The number of carbonyl (C=O) groups is 1. The molecule has 9 heteroatoms. The second-order valence-corrected chi connectivity index (χ2v) is 7.94. The molecule has 0 fully saturated rings. The molecule has 0 radical (unpaired) electrons. The highest BCUT2D eigenvalue weighted by Gasteiger charge is 2.17. The van der Waals surface area contributed by atoms with Crippen LogP contribution in [0.4, 0.5) is 10.8 Å². The molecule has 0 aliphatic carbocycles. The fourth-order valence-corrected chi connectivity index (χ4v) is 3.76. The Hall–Kier alpha value is -3.49. The van der Waals surface area contributed by atoms with Crippen molar-refractivity contribution >= 4 is 39.7 Å². The van der Waals surface area contributed by atoms with Gasteiger partial charge < -0.3 is 10.1 Å². The summed E-state index contributed by atoms with van der Waals surface area (Å²) in [5.74, 6) is 0.368. The maximum absolute atomic E-state index is 13.0. The van der Waals surface area contributed by atoms with Crippen LogP contribution in [0.3, 0.4) is 0 Å². The van der Waals surface area contributed by atoms with Crippen LogP contribution < -0.4 is 15.4 Å². The summed E-state index contributed by atoms with van der Waals surface area (Å²) in [6.45, 7) is 0.483. The van der Waals surface area contributed by atoms with E-state index in [0.717, 1.165) is 16.3 Å². The van der Waals surface area contributed by atoms with Crippen molar-refractivity contribution in [3.63, 3.8) is 0 Å². The predicted molar refractivity (Wildman–Crippen MR) is 123 cm³/mol. The van der Waals surface area contributed by atoms with E-state index in [0.29, 0.717) is 33.6 Å². The molecule has 0 aliphatic rings. The van der Waals surface area contributed by atoms with Crippen LogP contribution in [-0.4, -0.2) is 28.2 Å². The van der Waals surface area contributed by atoms with Crippen LogP contribution >= 0.6 is 22.9 Å². The molecule has 4 rings (SSSR count). The number of hydrogen-bond donors (Lipinski definition) is 2. The molecular formula is C22H18ClN5O2S. The number of anilines is 2. The van der Waals surface area contributed by atoms with E-state index in [9.17, 15) is 4.79 Å². The molecule has 7 nitrogen and oxygen atoms in total. The zero-order valence-electron chi connectivity index (χ0n) is 16.5. The van der Waals surface area contributed by atoms with E-state index < -0.39 is 0 Å². The van der Waals surface area contributed by atoms with Gasteiger partial charge in [-0.2, -0.15) is 0 Å². The van der Waals surface area contributed by atoms with Crippen LogP contribution in [0, 0.1) is 0 Å². The van der Waals surface area contributed by atoms with Crippen molar-refractivity contribution in [2.75, 3.05) is 17.7 Å². The largest absolute Gasteiger partial charge is 0.496 e. The molecule has 0 saturated heterocycles. The minimum absolute atomic E-state index is 0.295. The van der Waals surface area contributed by atoms with E-state index >= 15 is 0 Å². The zero-order valence-corrected chi connectivity index (χ0v) is 18.1. The standard InChI is InChI=1S/C22H18ClN5O2S/c1-30-19-5-3-2-4-16(19)18-12-24-11-10-17(18)21(29)26-22-28-27-20(31-22)13-25-15-8-6-14(23)7-9-15/h2-12,25H,13H2,1H3,(H,26,28,29). The number of ether oxygens (including phenoxy) is 1. The first-order valence-corrected chi connectivity index (χ1v) is 10.5. The fourth-order valence-electron chi connectivity index (χ4n) is 2.96. The van der Waals surface area contributed by atoms with Gasteiger partial charge in [0.1, 0.15) is 10.8 Å². The van der Waals surface area contributed by atoms with Gasteiger partial charge in [0.2, 0.25) is 5.13 Å². The fraction of sp³-hybridized carbons (Fsp3) is 0.0909. The Balaban J connectivity index is 1.48. The second-order valence-electron chi connectivity index (χ2n) is 6.44. The van der Waals surface area contributed by atoms with Crippen LogP contribution in [0.15, 0.2) is 67.0 Å². The van der Waals surface area contributed by atoms with Gasteiger partial charge >= 0.3 is 0 Å². The summed E-state index contributed by atoms with van der Waals surface area (Å²) in [4.78, 5) is 17.1. The van der Waals surface area contributed by atoms with E-state index in [4.69, 9.17) is 16.3 Å². The first kappa shape index (κ1) is 20.8. The van der Waals surface area contributed by atoms with Gasteiger partial charge in [-0.3, -0.25) is 15.1 Å². The first-order chi connectivity index (χ1) is 15.1. The van der Waals surface area contributed by atoms with E-state index in [1.54, 1.807) is 25.6 Å². The van der Waals surface area contributed by atoms with Crippen LogP contribution in [0.25, 0.3) is 11.1 Å². The first-order valence-electron chi connectivity index (χ1n) is 9.34. The normalized spacial score (nSPS) is 10.5. The van der Waals surface area contributed by atoms with Gasteiger partial charge in [0, 0.05) is 34.2 Å². The molecule has 0 unspecified atom stereocenters. The summed E-state index contributed by atoms with van der Waals surface area (Å²) in [6.07, 6.45) is 3.23. The number of carbonyl (C=O) groups excluding carboxylic acids is 1. The average Bonchev–Trinajstić information content (AvgIpc) is 3.26. The molecule has 2 heterocycles. The third-order valence-electron chi connectivity index (χ3n) is 4.44. The van der Waals surface area contributed by atoms with Crippen molar-refractivity contribution in [2.45, 2.75) is 6.54 Å². The summed E-state index contributed by atoms with van der Waals surface area (Å²) < 4.78 is 5.43. The third kappa shape index (κ3) is 4.99. The Kier molecular flexibility index (Phi) is 6.40. The van der Waals surface area contributed by atoms with Crippen LogP contribution in [0.1, 0.15) is 15.4 Å². The zero-order chi connectivity index (χ0) is 21.6. The summed E-state index contributed by atoms with van der Waals surface area (Å²) in [6, 6.07) is 16.5. The monoisotopic (exact) mass is 451 g/mol. The van der Waals surface area contributed by atoms with Gasteiger partial charge in [-0.15, -0.1) is 10.2 Å². The van der Waals surface area contributed by atoms with E-state index in [1.165, 1.54) is 11.3 Å². The molecule has 0 spiro atoms. The van der Waals surface area contributed by atoms with Gasteiger partial charge in [-0.25, -0.2) is 0 Å². The van der Waals surface area contributed by atoms with Crippen molar-refractivity contribution < 1.29 is 9.53 Å². The summed E-state index contributed by atoms with van der Waals surface area (Å²) >= 11 is 7.20. The number of methoxy groups -OCH3 is 1. The smallest absolute Gasteiger partial charge is 0.258 e. The maximum atomic E-state index is 13.0. The van der Waals surface area contributed by atoms with Gasteiger partial charge in [0.05, 0.1) is 19.2 Å². The minimum Gasteiger partial charge on any atom is -0.496 e. The predicted octanol–water partition coefficient (Wildman–Crippen LogP) is 5.13. The lowest BCUT2D eigenvalue weighted by atomic mass is 10.0. The number of aromatic nitrogens is 3. The lowest BCUT2D eigenvalue weighted by Gasteiger charge is -2.11. The molecule has 156 valence electrons. The highest BCUT2D eigenvalue weighted by molar-refractivity contribution is 7.15. The summed E-state index contributed by atoms with van der Waals surface area (Å²) in [7, 11) is 1.59. The molecular weight excluding hydrogens is 434 g/mol. The number of nitrogens with zero attached hydrogens (tertiary/aromatic N) is 3. The number of benzene rings is 2. The van der Waals surface area contributed by atoms with Crippen LogP contribution in [-0.2, 0) is 6.54 Å². The van der Waals surface area contributed by atoms with Gasteiger partial charge in [0.15, 0.2) is 0 Å². The van der Waals surface area contributed by atoms with Crippen LogP contribution in [0.2, 0.25) is 5.02 Å². The summed E-state index contributed by atoms with van der Waals surface area (Å²) in [5.41, 5.74) is 2.85.